The number of rotatable bonds is 6. The molecule has 0 atom stereocenters. The molecule has 1 aromatic carbocycles. The van der Waals surface area contributed by atoms with E-state index in [2.05, 4.69) is 50.6 Å². The topological polar surface area (TPSA) is 93.9 Å². The second-order valence-corrected chi connectivity index (χ2v) is 8.26. The standard InChI is InChI=1S/C24H28N6O/c1-3-23(31)29-22-13-26-15-27-24(22)28-20-6-8-30(9-7-20)14-19-5-4-18-10-17(12-25)11-21(18)16(19)2/h4-5,11,13,15,20H,3,6-10,14H2,1-2H3,(H,29,31)(H,26,27,28). The summed E-state index contributed by atoms with van der Waals surface area (Å²) in [5.74, 6) is 0.638. The van der Waals surface area contributed by atoms with E-state index in [1.54, 1.807) is 6.20 Å². The average molecular weight is 417 g/mol. The van der Waals surface area contributed by atoms with E-state index in [1.807, 2.05) is 13.0 Å². The van der Waals surface area contributed by atoms with Gasteiger partial charge in [0.2, 0.25) is 5.91 Å². The lowest BCUT2D eigenvalue weighted by Gasteiger charge is -2.33. The van der Waals surface area contributed by atoms with Crippen molar-refractivity contribution < 1.29 is 4.79 Å². The fourth-order valence-corrected chi connectivity index (χ4v) is 4.30. The van der Waals surface area contributed by atoms with Crippen LogP contribution in [0, 0.1) is 18.3 Å². The van der Waals surface area contributed by atoms with Crippen molar-refractivity contribution >= 4 is 23.5 Å². The quantitative estimate of drug-likeness (QED) is 0.746. The van der Waals surface area contributed by atoms with Crippen LogP contribution in [0.2, 0.25) is 0 Å². The number of hydrogen-bond donors (Lipinski definition) is 2. The van der Waals surface area contributed by atoms with E-state index < -0.39 is 0 Å². The van der Waals surface area contributed by atoms with E-state index in [9.17, 15) is 10.1 Å². The third-order valence-corrected chi connectivity index (χ3v) is 6.19. The lowest BCUT2D eigenvalue weighted by atomic mass is 9.97. The molecule has 160 valence electrons. The molecule has 2 N–H and O–H groups in total. The van der Waals surface area contributed by atoms with Crippen molar-refractivity contribution in [3.05, 3.63) is 52.5 Å². The predicted molar refractivity (Wildman–Crippen MR) is 121 cm³/mol. The Morgan fingerprint density at radius 3 is 2.87 bits per heavy atom. The predicted octanol–water partition coefficient (Wildman–Crippen LogP) is 3.67. The van der Waals surface area contributed by atoms with Crippen molar-refractivity contribution in [1.29, 1.82) is 5.26 Å². The Hall–Kier alpha value is -3.24. The van der Waals surface area contributed by atoms with Gasteiger partial charge in [-0.1, -0.05) is 19.1 Å². The number of aromatic nitrogens is 2. The van der Waals surface area contributed by atoms with Gasteiger partial charge < -0.3 is 10.6 Å². The highest BCUT2D eigenvalue weighted by Crippen LogP contribution is 2.30. The summed E-state index contributed by atoms with van der Waals surface area (Å²) in [5.41, 5.74) is 6.60. The zero-order chi connectivity index (χ0) is 21.8. The number of nitrogens with one attached hydrogen (secondary N) is 2. The van der Waals surface area contributed by atoms with Gasteiger partial charge in [0.25, 0.3) is 0 Å². The number of fused-ring (bicyclic) bond motifs is 1. The fraction of sp³-hybridized carbons (Fsp3) is 0.417. The number of allylic oxidation sites excluding steroid dienone is 1. The Labute approximate surface area is 183 Å². The van der Waals surface area contributed by atoms with Gasteiger partial charge in [0, 0.05) is 44.1 Å². The van der Waals surface area contributed by atoms with Crippen molar-refractivity contribution in [1.82, 2.24) is 14.9 Å². The van der Waals surface area contributed by atoms with Gasteiger partial charge >= 0.3 is 0 Å². The number of hydrogen-bond acceptors (Lipinski definition) is 6. The van der Waals surface area contributed by atoms with Crippen LogP contribution in [0.4, 0.5) is 11.5 Å². The zero-order valence-electron chi connectivity index (χ0n) is 18.1. The molecule has 1 amide bonds. The lowest BCUT2D eigenvalue weighted by Crippen LogP contribution is -2.39. The molecule has 0 spiro atoms. The SMILES string of the molecule is CCC(=O)Nc1cncnc1NC1CCN(Cc2ccc3c(c2C)C=C(C#N)C3)CC1. The number of benzene rings is 1. The molecule has 0 radical (unpaired) electrons. The largest absolute Gasteiger partial charge is 0.365 e. The van der Waals surface area contributed by atoms with Crippen LogP contribution in [0.3, 0.4) is 0 Å². The summed E-state index contributed by atoms with van der Waals surface area (Å²) in [6, 6.07) is 7.00. The summed E-state index contributed by atoms with van der Waals surface area (Å²) < 4.78 is 0. The van der Waals surface area contributed by atoms with Crippen LogP contribution < -0.4 is 10.6 Å². The Balaban J connectivity index is 1.35. The van der Waals surface area contributed by atoms with Gasteiger partial charge in [-0.2, -0.15) is 5.26 Å². The van der Waals surface area contributed by atoms with E-state index in [0.29, 0.717) is 24.0 Å². The second kappa shape index (κ2) is 9.27. The third-order valence-electron chi connectivity index (χ3n) is 6.19. The number of carbonyl (C=O) groups is 1. The Morgan fingerprint density at radius 2 is 2.13 bits per heavy atom. The van der Waals surface area contributed by atoms with Crippen molar-refractivity contribution in [3.63, 3.8) is 0 Å². The number of likely N-dealkylation sites (tertiary alicyclic amines) is 1. The highest BCUT2D eigenvalue weighted by molar-refractivity contribution is 5.93. The summed E-state index contributed by atoms with van der Waals surface area (Å²) in [5, 5.41) is 15.6. The van der Waals surface area contributed by atoms with E-state index in [-0.39, 0.29) is 5.91 Å². The molecule has 4 rings (SSSR count). The van der Waals surface area contributed by atoms with E-state index >= 15 is 0 Å². The van der Waals surface area contributed by atoms with Crippen LogP contribution in [0.25, 0.3) is 6.08 Å². The Morgan fingerprint density at radius 1 is 1.32 bits per heavy atom. The molecule has 2 aromatic rings. The third kappa shape index (κ3) is 4.75. The highest BCUT2D eigenvalue weighted by atomic mass is 16.1. The highest BCUT2D eigenvalue weighted by Gasteiger charge is 2.22. The molecule has 1 aliphatic carbocycles. The first-order chi connectivity index (χ1) is 15.1. The molecule has 0 saturated carbocycles. The molecular formula is C24H28N6O. The first-order valence-electron chi connectivity index (χ1n) is 10.9. The molecule has 0 bridgehead atoms. The van der Waals surface area contributed by atoms with Gasteiger partial charge in [-0.3, -0.25) is 9.69 Å². The van der Waals surface area contributed by atoms with Crippen LogP contribution >= 0.6 is 0 Å². The smallest absolute Gasteiger partial charge is 0.224 e. The van der Waals surface area contributed by atoms with Crippen LogP contribution in [0.1, 0.15) is 48.4 Å². The molecule has 1 aromatic heterocycles. The van der Waals surface area contributed by atoms with E-state index in [1.165, 1.54) is 28.6 Å². The minimum Gasteiger partial charge on any atom is -0.365 e. The van der Waals surface area contributed by atoms with Gasteiger partial charge in [0.15, 0.2) is 5.82 Å². The molecule has 1 aliphatic heterocycles. The van der Waals surface area contributed by atoms with Crippen LogP contribution in [0.15, 0.2) is 30.2 Å². The summed E-state index contributed by atoms with van der Waals surface area (Å²) in [4.78, 5) is 22.6. The molecule has 7 nitrogen and oxygen atoms in total. The van der Waals surface area contributed by atoms with Gasteiger partial charge in [-0.05, 0) is 48.1 Å². The molecule has 31 heavy (non-hydrogen) atoms. The summed E-state index contributed by atoms with van der Waals surface area (Å²) in [6.45, 7) is 6.90. The monoisotopic (exact) mass is 416 g/mol. The first kappa shape index (κ1) is 21.0. The molecule has 0 unspecified atom stereocenters. The van der Waals surface area contributed by atoms with Crippen LogP contribution in [-0.2, 0) is 17.8 Å². The number of carbonyl (C=O) groups excluding carboxylic acids is 1. The van der Waals surface area contributed by atoms with E-state index in [0.717, 1.165) is 44.5 Å². The van der Waals surface area contributed by atoms with Gasteiger partial charge in [-0.25, -0.2) is 9.97 Å². The molecule has 1 fully saturated rings. The minimum atomic E-state index is -0.0471. The van der Waals surface area contributed by atoms with Crippen molar-refractivity contribution in [2.24, 2.45) is 0 Å². The van der Waals surface area contributed by atoms with Gasteiger partial charge in [-0.15, -0.1) is 0 Å². The normalized spacial score (nSPS) is 16.4. The van der Waals surface area contributed by atoms with Crippen molar-refractivity contribution in [2.75, 3.05) is 23.7 Å². The number of nitriles is 1. The number of anilines is 2. The summed E-state index contributed by atoms with van der Waals surface area (Å²) >= 11 is 0. The Bertz CT molecular complexity index is 1050. The summed E-state index contributed by atoms with van der Waals surface area (Å²) in [6.07, 6.45) is 8.38. The molecule has 2 aliphatic rings. The van der Waals surface area contributed by atoms with Crippen LogP contribution in [0.5, 0.6) is 0 Å². The van der Waals surface area contributed by atoms with Crippen molar-refractivity contribution in [2.45, 2.75) is 52.1 Å². The van der Waals surface area contributed by atoms with E-state index in [4.69, 9.17) is 0 Å². The van der Waals surface area contributed by atoms with Crippen molar-refractivity contribution in [3.8, 4) is 6.07 Å². The Kier molecular flexibility index (Phi) is 6.28. The van der Waals surface area contributed by atoms with Crippen LogP contribution in [-0.4, -0.2) is 39.9 Å². The fourth-order valence-electron chi connectivity index (χ4n) is 4.30. The molecule has 2 heterocycles. The number of nitrogens with zero attached hydrogens (tertiary/aromatic N) is 4. The second-order valence-electron chi connectivity index (χ2n) is 8.26. The average Bonchev–Trinajstić information content (AvgIpc) is 3.22. The maximum absolute atomic E-state index is 11.8. The van der Waals surface area contributed by atoms with Gasteiger partial charge in [0.1, 0.15) is 12.0 Å². The maximum atomic E-state index is 11.8. The lowest BCUT2D eigenvalue weighted by molar-refractivity contribution is -0.115. The summed E-state index contributed by atoms with van der Waals surface area (Å²) in [7, 11) is 0. The number of amides is 1. The molecule has 1 saturated heterocycles. The van der Waals surface area contributed by atoms with Gasteiger partial charge in [0.05, 0.1) is 12.3 Å². The maximum Gasteiger partial charge on any atom is 0.224 e. The molecular weight excluding hydrogens is 388 g/mol. The minimum absolute atomic E-state index is 0.0471. The first-order valence-corrected chi connectivity index (χ1v) is 10.9. The number of piperidine rings is 1. The zero-order valence-corrected chi connectivity index (χ0v) is 18.1. The molecule has 7 heteroatoms.